The zero-order chi connectivity index (χ0) is 8.72. The van der Waals surface area contributed by atoms with Gasteiger partial charge in [-0.25, -0.2) is 4.79 Å². The first-order valence-electron chi connectivity index (χ1n) is 3.47. The van der Waals surface area contributed by atoms with E-state index in [0.29, 0.717) is 10.6 Å². The minimum absolute atomic E-state index is 0.333. The van der Waals surface area contributed by atoms with E-state index in [2.05, 4.69) is 0 Å². The summed E-state index contributed by atoms with van der Waals surface area (Å²) in [6.45, 7) is 0. The Kier molecular flexibility index (Phi) is 1.77. The molecule has 0 bridgehead atoms. The van der Waals surface area contributed by atoms with Crippen molar-refractivity contribution in [2.24, 2.45) is 0 Å². The maximum absolute atomic E-state index is 10.8. The van der Waals surface area contributed by atoms with Crippen LogP contribution in [0.1, 0.15) is 15.9 Å². The minimum Gasteiger partial charge on any atom is -0.478 e. The molecule has 0 aromatic carbocycles. The van der Waals surface area contributed by atoms with Crippen LogP contribution in [0.15, 0.2) is 4.21 Å². The molecule has 3 N–H and O–H groups in total. The van der Waals surface area contributed by atoms with Gasteiger partial charge in [0.25, 0.3) is 0 Å². The standard InChI is InChI=1S/C7H7NO2S2/c8-5-4(6(9)10)3-1-2-11-7(3)12-5/h1-2,8H2,(H,9,10). The predicted molar refractivity (Wildman–Crippen MR) is 50.1 cm³/mol. The highest BCUT2D eigenvalue weighted by Gasteiger charge is 2.25. The lowest BCUT2D eigenvalue weighted by Crippen LogP contribution is -2.02. The Morgan fingerprint density at radius 2 is 2.33 bits per heavy atom. The molecule has 1 aromatic rings. The van der Waals surface area contributed by atoms with Crippen molar-refractivity contribution in [2.45, 2.75) is 10.6 Å². The number of nitrogens with two attached hydrogens (primary N) is 1. The third-order valence-corrected chi connectivity index (χ3v) is 4.17. The molecule has 64 valence electrons. The summed E-state index contributed by atoms with van der Waals surface area (Å²) in [5.74, 6) is 0.0920. The Balaban J connectivity index is 2.59. The first kappa shape index (κ1) is 7.94. The van der Waals surface area contributed by atoms with E-state index in [1.165, 1.54) is 11.3 Å². The number of anilines is 1. The van der Waals surface area contributed by atoms with Gasteiger partial charge < -0.3 is 10.8 Å². The molecule has 12 heavy (non-hydrogen) atoms. The molecular formula is C7H7NO2S2. The van der Waals surface area contributed by atoms with Crippen LogP contribution in [0.5, 0.6) is 0 Å². The number of hydrogen-bond donors (Lipinski definition) is 2. The van der Waals surface area contributed by atoms with Gasteiger partial charge in [-0.1, -0.05) is 0 Å². The highest BCUT2D eigenvalue weighted by Crippen LogP contribution is 2.43. The summed E-state index contributed by atoms with van der Waals surface area (Å²) in [6, 6.07) is 0. The second kappa shape index (κ2) is 2.67. The van der Waals surface area contributed by atoms with Crippen molar-refractivity contribution >= 4 is 34.1 Å². The number of thiophene rings is 1. The molecule has 5 heteroatoms. The van der Waals surface area contributed by atoms with Crippen molar-refractivity contribution in [3.05, 3.63) is 11.1 Å². The molecule has 1 aliphatic heterocycles. The van der Waals surface area contributed by atoms with Crippen LogP contribution in [0.25, 0.3) is 0 Å². The molecule has 0 radical (unpaired) electrons. The Bertz CT molecular complexity index is 345. The van der Waals surface area contributed by atoms with Crippen molar-refractivity contribution in [1.82, 2.24) is 0 Å². The molecule has 0 saturated heterocycles. The average molecular weight is 201 g/mol. The molecule has 0 fully saturated rings. The van der Waals surface area contributed by atoms with Crippen LogP contribution in [0.3, 0.4) is 0 Å². The maximum Gasteiger partial charge on any atom is 0.339 e. The second-order valence-corrected chi connectivity index (χ2v) is 4.93. The minimum atomic E-state index is -0.896. The lowest BCUT2D eigenvalue weighted by atomic mass is 10.1. The Morgan fingerprint density at radius 3 is 3.00 bits per heavy atom. The van der Waals surface area contributed by atoms with Gasteiger partial charge in [-0.05, 0) is 12.0 Å². The lowest BCUT2D eigenvalue weighted by molar-refractivity contribution is 0.0697. The zero-order valence-electron chi connectivity index (χ0n) is 6.16. The summed E-state index contributed by atoms with van der Waals surface area (Å²) in [4.78, 5) is 10.8. The summed E-state index contributed by atoms with van der Waals surface area (Å²) in [5.41, 5.74) is 6.85. The molecule has 0 unspecified atom stereocenters. The van der Waals surface area contributed by atoms with E-state index in [1.54, 1.807) is 11.8 Å². The van der Waals surface area contributed by atoms with Gasteiger partial charge in [0.05, 0.1) is 9.77 Å². The molecule has 1 aliphatic rings. The Morgan fingerprint density at radius 1 is 1.58 bits per heavy atom. The largest absolute Gasteiger partial charge is 0.478 e. The molecule has 0 amide bonds. The Hall–Kier alpha value is -0.680. The number of aromatic carboxylic acids is 1. The number of rotatable bonds is 1. The average Bonchev–Trinajstić information content (AvgIpc) is 2.44. The molecule has 0 atom stereocenters. The number of carbonyl (C=O) groups is 1. The van der Waals surface area contributed by atoms with Crippen LogP contribution in [0.2, 0.25) is 0 Å². The van der Waals surface area contributed by atoms with Gasteiger partial charge in [0.1, 0.15) is 5.00 Å². The predicted octanol–water partition coefficient (Wildman–Crippen LogP) is 1.68. The van der Waals surface area contributed by atoms with Crippen molar-refractivity contribution in [1.29, 1.82) is 0 Å². The van der Waals surface area contributed by atoms with Crippen molar-refractivity contribution in [3.63, 3.8) is 0 Å². The SMILES string of the molecule is Nc1sc2c(c1C(=O)O)CCS2. The number of fused-ring (bicyclic) bond motifs is 1. The van der Waals surface area contributed by atoms with E-state index in [9.17, 15) is 4.79 Å². The summed E-state index contributed by atoms with van der Waals surface area (Å²) in [5, 5.41) is 9.28. The van der Waals surface area contributed by atoms with Crippen LogP contribution in [-0.4, -0.2) is 16.8 Å². The first-order valence-corrected chi connectivity index (χ1v) is 5.27. The number of carboxylic acids is 1. The third-order valence-electron chi connectivity index (χ3n) is 1.80. The molecule has 2 rings (SSSR count). The van der Waals surface area contributed by atoms with Crippen LogP contribution in [-0.2, 0) is 6.42 Å². The van der Waals surface area contributed by atoms with E-state index >= 15 is 0 Å². The number of carboxylic acid groups (broad SMARTS) is 1. The fourth-order valence-corrected chi connectivity index (χ4v) is 3.75. The quantitative estimate of drug-likeness (QED) is 0.725. The van der Waals surface area contributed by atoms with Gasteiger partial charge in [0.2, 0.25) is 0 Å². The number of thioether (sulfide) groups is 1. The third kappa shape index (κ3) is 1.01. The monoisotopic (exact) mass is 201 g/mol. The number of nitrogen functional groups attached to an aromatic ring is 1. The zero-order valence-corrected chi connectivity index (χ0v) is 7.80. The molecule has 1 aromatic heterocycles. The van der Waals surface area contributed by atoms with Gasteiger partial charge in [0.15, 0.2) is 0 Å². The van der Waals surface area contributed by atoms with Crippen LogP contribution >= 0.6 is 23.1 Å². The molecular weight excluding hydrogens is 194 g/mol. The van der Waals surface area contributed by atoms with Gasteiger partial charge in [-0.15, -0.1) is 23.1 Å². The summed E-state index contributed by atoms with van der Waals surface area (Å²) < 4.78 is 1.09. The highest BCUT2D eigenvalue weighted by atomic mass is 32.2. The van der Waals surface area contributed by atoms with Gasteiger partial charge >= 0.3 is 5.97 Å². The molecule has 3 nitrogen and oxygen atoms in total. The highest BCUT2D eigenvalue weighted by molar-refractivity contribution is 8.01. The van der Waals surface area contributed by atoms with Gasteiger partial charge in [-0.2, -0.15) is 0 Å². The summed E-state index contributed by atoms with van der Waals surface area (Å²) in [7, 11) is 0. The molecule has 2 heterocycles. The van der Waals surface area contributed by atoms with Crippen molar-refractivity contribution in [3.8, 4) is 0 Å². The summed E-state index contributed by atoms with van der Waals surface area (Å²) in [6.07, 6.45) is 0.843. The van der Waals surface area contributed by atoms with E-state index in [4.69, 9.17) is 10.8 Å². The van der Waals surface area contributed by atoms with E-state index < -0.39 is 5.97 Å². The van der Waals surface area contributed by atoms with Crippen molar-refractivity contribution < 1.29 is 9.90 Å². The normalized spacial score (nSPS) is 14.7. The first-order chi connectivity index (χ1) is 5.70. The maximum atomic E-state index is 10.8. The van der Waals surface area contributed by atoms with Crippen LogP contribution < -0.4 is 5.73 Å². The van der Waals surface area contributed by atoms with E-state index in [-0.39, 0.29) is 0 Å². The van der Waals surface area contributed by atoms with E-state index in [0.717, 1.165) is 21.9 Å². The van der Waals surface area contributed by atoms with E-state index in [1.807, 2.05) is 0 Å². The Labute approximate surface area is 77.6 Å². The molecule has 0 spiro atoms. The topological polar surface area (TPSA) is 63.3 Å². The fraction of sp³-hybridized carbons (Fsp3) is 0.286. The van der Waals surface area contributed by atoms with Crippen molar-refractivity contribution in [2.75, 3.05) is 11.5 Å². The lowest BCUT2D eigenvalue weighted by Gasteiger charge is -1.94. The van der Waals surface area contributed by atoms with Crippen LogP contribution in [0, 0.1) is 0 Å². The molecule has 0 aliphatic carbocycles. The molecule has 0 saturated carbocycles. The fourth-order valence-electron chi connectivity index (χ4n) is 1.29. The second-order valence-electron chi connectivity index (χ2n) is 2.51. The van der Waals surface area contributed by atoms with Gasteiger partial charge in [-0.3, -0.25) is 0 Å². The number of hydrogen-bond acceptors (Lipinski definition) is 4. The van der Waals surface area contributed by atoms with Crippen LogP contribution in [0.4, 0.5) is 5.00 Å². The van der Waals surface area contributed by atoms with Gasteiger partial charge in [0, 0.05) is 5.75 Å². The summed E-state index contributed by atoms with van der Waals surface area (Å²) >= 11 is 3.09. The smallest absolute Gasteiger partial charge is 0.339 e.